The molecule has 110 valence electrons. The maximum absolute atomic E-state index is 5.92. The molecule has 2 unspecified atom stereocenters. The van der Waals surface area contributed by atoms with Crippen LogP contribution in [0.5, 0.6) is 6.01 Å². The molecule has 2 heterocycles. The van der Waals surface area contributed by atoms with Gasteiger partial charge >= 0.3 is 6.01 Å². The fourth-order valence-corrected chi connectivity index (χ4v) is 2.63. The van der Waals surface area contributed by atoms with Gasteiger partial charge in [0.05, 0.1) is 18.2 Å². The van der Waals surface area contributed by atoms with Crippen LogP contribution in [0.25, 0.3) is 0 Å². The average molecular weight is 299 g/mol. The Morgan fingerprint density at radius 1 is 1.25 bits per heavy atom. The Morgan fingerprint density at radius 2 is 2.05 bits per heavy atom. The van der Waals surface area contributed by atoms with Gasteiger partial charge in [-0.2, -0.15) is 15.0 Å². The van der Waals surface area contributed by atoms with Crippen LogP contribution >= 0.6 is 11.6 Å². The van der Waals surface area contributed by atoms with Crippen molar-refractivity contribution in [2.45, 2.75) is 51.4 Å². The summed E-state index contributed by atoms with van der Waals surface area (Å²) in [4.78, 5) is 12.3. The van der Waals surface area contributed by atoms with Crippen molar-refractivity contribution in [1.29, 1.82) is 0 Å². The molecule has 1 aromatic heterocycles. The Balaban J connectivity index is 1.71. The van der Waals surface area contributed by atoms with Crippen LogP contribution in [0.2, 0.25) is 5.28 Å². The van der Waals surface area contributed by atoms with Gasteiger partial charge in [-0.1, -0.05) is 0 Å². The number of anilines is 1. The Labute approximate surface area is 123 Å². The summed E-state index contributed by atoms with van der Waals surface area (Å²) in [7, 11) is 0. The van der Waals surface area contributed by atoms with E-state index in [9.17, 15) is 0 Å². The van der Waals surface area contributed by atoms with Crippen molar-refractivity contribution in [3.05, 3.63) is 5.28 Å². The molecule has 2 atom stereocenters. The molecule has 2 fully saturated rings. The number of halogens is 1. The first kappa shape index (κ1) is 13.8. The summed E-state index contributed by atoms with van der Waals surface area (Å²) >= 11 is 5.92. The highest BCUT2D eigenvalue weighted by Crippen LogP contribution is 2.39. The highest BCUT2D eigenvalue weighted by molar-refractivity contribution is 6.28. The first-order chi connectivity index (χ1) is 9.61. The number of nitrogens with zero attached hydrogens (tertiary/aromatic N) is 3. The summed E-state index contributed by atoms with van der Waals surface area (Å²) < 4.78 is 11.3. The minimum Gasteiger partial charge on any atom is -0.461 e. The third-order valence-corrected chi connectivity index (χ3v) is 3.63. The summed E-state index contributed by atoms with van der Waals surface area (Å²) in [5.41, 5.74) is 0. The summed E-state index contributed by atoms with van der Waals surface area (Å²) in [6.07, 6.45) is 3.73. The molecule has 0 bridgehead atoms. The monoisotopic (exact) mass is 298 g/mol. The Bertz CT molecular complexity index is 481. The van der Waals surface area contributed by atoms with E-state index >= 15 is 0 Å². The van der Waals surface area contributed by atoms with Gasteiger partial charge in [0, 0.05) is 6.61 Å². The molecule has 0 radical (unpaired) electrons. The number of nitrogens with one attached hydrogen (secondary N) is 1. The highest BCUT2D eigenvalue weighted by Gasteiger charge is 2.40. The van der Waals surface area contributed by atoms with E-state index in [1.165, 1.54) is 12.8 Å². The third-order valence-electron chi connectivity index (χ3n) is 3.47. The lowest BCUT2D eigenvalue weighted by molar-refractivity contribution is 0.0897. The van der Waals surface area contributed by atoms with Crippen LogP contribution in [-0.4, -0.2) is 39.8 Å². The first-order valence-corrected chi connectivity index (χ1v) is 7.46. The van der Waals surface area contributed by atoms with Crippen LogP contribution in [0, 0.1) is 5.92 Å². The van der Waals surface area contributed by atoms with Gasteiger partial charge in [0.25, 0.3) is 0 Å². The van der Waals surface area contributed by atoms with E-state index in [0.717, 1.165) is 13.0 Å². The molecule has 1 saturated heterocycles. The van der Waals surface area contributed by atoms with Crippen molar-refractivity contribution in [1.82, 2.24) is 15.0 Å². The predicted molar refractivity (Wildman–Crippen MR) is 75.1 cm³/mol. The largest absolute Gasteiger partial charge is 0.461 e. The second kappa shape index (κ2) is 5.69. The zero-order chi connectivity index (χ0) is 14.1. The van der Waals surface area contributed by atoms with Crippen LogP contribution in [0.15, 0.2) is 0 Å². The lowest BCUT2D eigenvalue weighted by Crippen LogP contribution is -2.31. The van der Waals surface area contributed by atoms with Crippen LogP contribution in [0.1, 0.15) is 33.1 Å². The molecule has 1 saturated carbocycles. The molecule has 7 heteroatoms. The third kappa shape index (κ3) is 3.30. The fourth-order valence-electron chi connectivity index (χ4n) is 2.48. The number of ether oxygens (including phenoxy) is 2. The van der Waals surface area contributed by atoms with Crippen molar-refractivity contribution in [3.63, 3.8) is 0 Å². The van der Waals surface area contributed by atoms with Gasteiger partial charge in [-0.15, -0.1) is 0 Å². The summed E-state index contributed by atoms with van der Waals surface area (Å²) in [6.45, 7) is 4.62. The highest BCUT2D eigenvalue weighted by atomic mass is 35.5. The molecule has 20 heavy (non-hydrogen) atoms. The van der Waals surface area contributed by atoms with Gasteiger partial charge in [-0.3, -0.25) is 0 Å². The van der Waals surface area contributed by atoms with Gasteiger partial charge in [-0.25, -0.2) is 0 Å². The van der Waals surface area contributed by atoms with E-state index in [1.807, 2.05) is 13.8 Å². The first-order valence-electron chi connectivity index (χ1n) is 7.08. The lowest BCUT2D eigenvalue weighted by atomic mass is 10.1. The SMILES string of the molecule is CC(C)Oc1nc(Cl)nc(NC2CCOC2C2CC2)n1. The summed E-state index contributed by atoms with van der Waals surface area (Å²) in [6, 6.07) is 0.497. The fraction of sp³-hybridized carbons (Fsp3) is 0.769. The second-order valence-electron chi connectivity index (χ2n) is 5.59. The standard InChI is InChI=1S/C13H19ClN4O2/c1-7(2)20-13-17-11(14)16-12(18-13)15-9-5-6-19-10(9)8-3-4-8/h7-10H,3-6H2,1-2H3,(H,15,16,17,18). The average Bonchev–Trinajstić information content (AvgIpc) is 3.09. The van der Waals surface area contributed by atoms with Crippen LogP contribution in [0.4, 0.5) is 5.95 Å². The number of aromatic nitrogens is 3. The molecule has 2 aliphatic rings. The Hall–Kier alpha value is -1.14. The molecular weight excluding hydrogens is 280 g/mol. The van der Waals surface area contributed by atoms with Crippen LogP contribution in [-0.2, 0) is 4.74 Å². The molecule has 3 rings (SSSR count). The molecule has 1 N–H and O–H groups in total. The maximum atomic E-state index is 5.92. The van der Waals surface area contributed by atoms with Crippen LogP contribution in [0.3, 0.4) is 0 Å². The van der Waals surface area contributed by atoms with Gasteiger partial charge < -0.3 is 14.8 Å². The van der Waals surface area contributed by atoms with Crippen molar-refractivity contribution in [2.24, 2.45) is 5.92 Å². The molecule has 0 spiro atoms. The molecule has 1 aliphatic carbocycles. The minimum absolute atomic E-state index is 0.00431. The van der Waals surface area contributed by atoms with E-state index in [0.29, 0.717) is 11.9 Å². The zero-order valence-corrected chi connectivity index (χ0v) is 12.4. The van der Waals surface area contributed by atoms with E-state index in [2.05, 4.69) is 20.3 Å². The topological polar surface area (TPSA) is 69.2 Å². The van der Waals surface area contributed by atoms with Gasteiger partial charge in [-0.05, 0) is 50.6 Å². The molecule has 0 aromatic carbocycles. The zero-order valence-electron chi connectivity index (χ0n) is 11.7. The van der Waals surface area contributed by atoms with Crippen molar-refractivity contribution in [2.75, 3.05) is 11.9 Å². The van der Waals surface area contributed by atoms with Crippen molar-refractivity contribution in [3.8, 4) is 6.01 Å². The van der Waals surface area contributed by atoms with E-state index < -0.39 is 0 Å². The molecule has 6 nitrogen and oxygen atoms in total. The van der Waals surface area contributed by atoms with E-state index in [4.69, 9.17) is 21.1 Å². The summed E-state index contributed by atoms with van der Waals surface area (Å²) in [5.74, 6) is 1.14. The van der Waals surface area contributed by atoms with E-state index in [-0.39, 0.29) is 29.5 Å². The number of hydrogen-bond donors (Lipinski definition) is 1. The van der Waals surface area contributed by atoms with Gasteiger partial charge in [0.15, 0.2) is 0 Å². The van der Waals surface area contributed by atoms with Crippen LogP contribution < -0.4 is 10.1 Å². The van der Waals surface area contributed by atoms with Crippen molar-refractivity contribution < 1.29 is 9.47 Å². The quantitative estimate of drug-likeness (QED) is 0.899. The molecule has 1 aromatic rings. The maximum Gasteiger partial charge on any atom is 0.322 e. The van der Waals surface area contributed by atoms with Gasteiger partial charge in [0.1, 0.15) is 0 Å². The summed E-state index contributed by atoms with van der Waals surface area (Å²) in [5, 5.41) is 3.45. The Kier molecular flexibility index (Phi) is 3.94. The minimum atomic E-state index is -0.00431. The normalized spacial score (nSPS) is 26.0. The molecule has 0 amide bonds. The molecule has 1 aliphatic heterocycles. The second-order valence-corrected chi connectivity index (χ2v) is 5.93. The van der Waals surface area contributed by atoms with Crippen molar-refractivity contribution >= 4 is 17.5 Å². The van der Waals surface area contributed by atoms with E-state index in [1.54, 1.807) is 0 Å². The predicted octanol–water partition coefficient (Wildman–Crippen LogP) is 2.29. The Morgan fingerprint density at radius 3 is 2.75 bits per heavy atom. The lowest BCUT2D eigenvalue weighted by Gasteiger charge is -2.19. The molecular formula is C13H19ClN4O2. The number of hydrogen-bond acceptors (Lipinski definition) is 6. The van der Waals surface area contributed by atoms with Gasteiger partial charge in [0.2, 0.25) is 11.2 Å². The smallest absolute Gasteiger partial charge is 0.322 e. The number of rotatable bonds is 5.